The van der Waals surface area contributed by atoms with Gasteiger partial charge in [-0.2, -0.15) is 0 Å². The Hall–Kier alpha value is -2.31. The molecular formula is C17H16O3. The fourth-order valence-corrected chi connectivity index (χ4v) is 2.04. The van der Waals surface area contributed by atoms with Gasteiger partial charge in [0, 0.05) is 0 Å². The first-order chi connectivity index (χ1) is 9.62. The number of carbonyl (C=O) groups excluding carboxylic acids is 1. The second kappa shape index (κ2) is 5.77. The first-order valence-electron chi connectivity index (χ1n) is 6.25. The van der Waals surface area contributed by atoms with Gasteiger partial charge in [0.1, 0.15) is 18.0 Å². The van der Waals surface area contributed by atoms with Gasteiger partial charge in [0.25, 0.3) is 0 Å². The highest BCUT2D eigenvalue weighted by atomic mass is 16.5. The van der Waals surface area contributed by atoms with Gasteiger partial charge in [0.05, 0.1) is 7.11 Å². The molecule has 3 heteroatoms. The van der Waals surface area contributed by atoms with E-state index in [-0.39, 0.29) is 6.61 Å². The normalized spacial score (nSPS) is 13.4. The maximum atomic E-state index is 11.4. The highest BCUT2D eigenvalue weighted by Crippen LogP contribution is 2.28. The van der Waals surface area contributed by atoms with E-state index in [0.29, 0.717) is 0 Å². The van der Waals surface area contributed by atoms with Crippen molar-refractivity contribution in [1.82, 2.24) is 0 Å². The maximum absolute atomic E-state index is 11.4. The Morgan fingerprint density at radius 1 is 1.25 bits per heavy atom. The third kappa shape index (κ3) is 2.66. The molecule has 1 atom stereocenters. The van der Waals surface area contributed by atoms with Gasteiger partial charge in [-0.15, -0.1) is 6.42 Å². The third-order valence-electron chi connectivity index (χ3n) is 3.30. The van der Waals surface area contributed by atoms with Crippen molar-refractivity contribution >= 4 is 17.1 Å². The summed E-state index contributed by atoms with van der Waals surface area (Å²) in [5, 5.41) is 2.05. The Bertz CT molecular complexity index is 669. The van der Waals surface area contributed by atoms with E-state index in [4.69, 9.17) is 15.9 Å². The Morgan fingerprint density at radius 3 is 2.60 bits per heavy atom. The van der Waals surface area contributed by atoms with Gasteiger partial charge in [-0.3, -0.25) is 4.79 Å². The first kappa shape index (κ1) is 14.1. The minimum atomic E-state index is -1.03. The Labute approximate surface area is 118 Å². The summed E-state index contributed by atoms with van der Waals surface area (Å²) >= 11 is 0. The van der Waals surface area contributed by atoms with Gasteiger partial charge >= 0.3 is 0 Å². The molecule has 0 amide bonds. The summed E-state index contributed by atoms with van der Waals surface area (Å²) in [5.41, 5.74) is -0.249. The molecule has 0 unspecified atom stereocenters. The molecule has 20 heavy (non-hydrogen) atoms. The molecule has 0 N–H and O–H groups in total. The predicted octanol–water partition coefficient (Wildman–Crippen LogP) is 2.91. The summed E-state index contributed by atoms with van der Waals surface area (Å²) in [6, 6.07) is 11.5. The molecule has 0 aliphatic heterocycles. The largest absolute Gasteiger partial charge is 0.497 e. The molecule has 2 aromatic rings. The molecule has 2 rings (SSSR count). The molecule has 0 spiro atoms. The number of ether oxygens (including phenoxy) is 2. The minimum Gasteiger partial charge on any atom is -0.497 e. The molecule has 0 saturated heterocycles. The van der Waals surface area contributed by atoms with Gasteiger partial charge in [-0.1, -0.05) is 24.1 Å². The van der Waals surface area contributed by atoms with Crippen molar-refractivity contribution in [2.45, 2.75) is 12.5 Å². The summed E-state index contributed by atoms with van der Waals surface area (Å²) in [5.74, 6) is 3.18. The lowest BCUT2D eigenvalue weighted by molar-refractivity contribution is -0.128. The molecule has 0 saturated carbocycles. The van der Waals surface area contributed by atoms with Crippen LogP contribution in [0, 0.1) is 12.3 Å². The van der Waals surface area contributed by atoms with Gasteiger partial charge < -0.3 is 9.47 Å². The van der Waals surface area contributed by atoms with E-state index in [1.54, 1.807) is 14.0 Å². The number of fused-ring (bicyclic) bond motifs is 1. The summed E-state index contributed by atoms with van der Waals surface area (Å²) in [6.07, 6.45) is 5.96. The number of rotatable bonds is 5. The molecule has 0 aliphatic carbocycles. The van der Waals surface area contributed by atoms with Crippen LogP contribution in [0.5, 0.6) is 5.75 Å². The van der Waals surface area contributed by atoms with Crippen LogP contribution in [0.4, 0.5) is 0 Å². The standard InChI is InChI=1S/C17H16O3/c1-4-9-20-17(2,12-18)15-7-5-14-11-16(19-3)8-6-13(14)10-15/h1,5-8,10-12H,9H2,2-3H3/t17-/m0/s1. The number of hydrogen-bond donors (Lipinski definition) is 0. The number of methoxy groups -OCH3 is 1. The Balaban J connectivity index is 2.45. The van der Waals surface area contributed by atoms with E-state index < -0.39 is 5.60 Å². The quantitative estimate of drug-likeness (QED) is 0.618. The van der Waals surface area contributed by atoms with Crippen molar-refractivity contribution in [3.8, 4) is 18.1 Å². The molecule has 102 valence electrons. The predicted molar refractivity (Wildman–Crippen MR) is 78.7 cm³/mol. The highest BCUT2D eigenvalue weighted by Gasteiger charge is 2.26. The van der Waals surface area contributed by atoms with E-state index in [1.165, 1.54) is 0 Å². The van der Waals surface area contributed by atoms with Gasteiger partial charge in [-0.25, -0.2) is 0 Å². The average molecular weight is 268 g/mol. The van der Waals surface area contributed by atoms with Crippen LogP contribution in [0.2, 0.25) is 0 Å². The Kier molecular flexibility index (Phi) is 4.07. The molecule has 2 aromatic carbocycles. The summed E-state index contributed by atoms with van der Waals surface area (Å²) < 4.78 is 10.7. The van der Waals surface area contributed by atoms with Crippen LogP contribution in [0.15, 0.2) is 36.4 Å². The smallest absolute Gasteiger partial charge is 0.156 e. The number of terminal acetylenes is 1. The third-order valence-corrected chi connectivity index (χ3v) is 3.30. The second-order valence-electron chi connectivity index (χ2n) is 4.65. The molecular weight excluding hydrogens is 252 g/mol. The lowest BCUT2D eigenvalue weighted by Crippen LogP contribution is -2.27. The minimum absolute atomic E-state index is 0.0931. The van der Waals surface area contributed by atoms with Crippen molar-refractivity contribution in [2.24, 2.45) is 0 Å². The molecule has 0 aliphatic rings. The number of aldehydes is 1. The Morgan fingerprint density at radius 2 is 1.95 bits per heavy atom. The molecule has 0 aromatic heterocycles. The first-order valence-corrected chi connectivity index (χ1v) is 6.25. The fourth-order valence-electron chi connectivity index (χ4n) is 2.04. The number of hydrogen-bond acceptors (Lipinski definition) is 3. The molecule has 3 nitrogen and oxygen atoms in total. The van der Waals surface area contributed by atoms with E-state index in [0.717, 1.165) is 28.4 Å². The summed E-state index contributed by atoms with van der Waals surface area (Å²) in [6.45, 7) is 1.80. The fraction of sp³-hybridized carbons (Fsp3) is 0.235. The van der Waals surface area contributed by atoms with Gasteiger partial charge in [-0.05, 0) is 41.5 Å². The van der Waals surface area contributed by atoms with Crippen molar-refractivity contribution in [3.63, 3.8) is 0 Å². The lowest BCUT2D eigenvalue weighted by atomic mass is 9.94. The maximum Gasteiger partial charge on any atom is 0.156 e. The molecule has 0 heterocycles. The molecule has 0 radical (unpaired) electrons. The van der Waals surface area contributed by atoms with Crippen molar-refractivity contribution < 1.29 is 14.3 Å². The molecule has 0 bridgehead atoms. The zero-order chi connectivity index (χ0) is 14.6. The van der Waals surface area contributed by atoms with Gasteiger partial charge in [0.15, 0.2) is 6.29 Å². The monoisotopic (exact) mass is 268 g/mol. The van der Waals surface area contributed by atoms with Crippen LogP contribution < -0.4 is 4.74 Å². The van der Waals surface area contributed by atoms with Crippen molar-refractivity contribution in [2.75, 3.05) is 13.7 Å². The van der Waals surface area contributed by atoms with E-state index >= 15 is 0 Å². The van der Waals surface area contributed by atoms with Crippen LogP contribution in [-0.4, -0.2) is 20.0 Å². The zero-order valence-electron chi connectivity index (χ0n) is 11.6. The van der Waals surface area contributed by atoms with Crippen LogP contribution in [0.3, 0.4) is 0 Å². The summed E-state index contributed by atoms with van der Waals surface area (Å²) in [7, 11) is 1.63. The topological polar surface area (TPSA) is 35.5 Å². The van der Waals surface area contributed by atoms with Gasteiger partial charge in [0.2, 0.25) is 0 Å². The van der Waals surface area contributed by atoms with Crippen molar-refractivity contribution in [3.05, 3.63) is 42.0 Å². The number of carbonyl (C=O) groups is 1. The van der Waals surface area contributed by atoms with E-state index in [1.807, 2.05) is 36.4 Å². The zero-order valence-corrected chi connectivity index (χ0v) is 11.6. The SMILES string of the molecule is C#CCO[C@@](C)(C=O)c1ccc2cc(OC)ccc2c1. The average Bonchev–Trinajstić information content (AvgIpc) is 2.51. The van der Waals surface area contributed by atoms with Crippen molar-refractivity contribution in [1.29, 1.82) is 0 Å². The van der Waals surface area contributed by atoms with Crippen LogP contribution in [0.1, 0.15) is 12.5 Å². The van der Waals surface area contributed by atoms with E-state index in [9.17, 15) is 4.79 Å². The lowest BCUT2D eigenvalue weighted by Gasteiger charge is -2.23. The van der Waals surface area contributed by atoms with Crippen LogP contribution in [-0.2, 0) is 15.1 Å². The summed E-state index contributed by atoms with van der Waals surface area (Å²) in [4.78, 5) is 11.4. The number of benzene rings is 2. The van der Waals surface area contributed by atoms with Crippen LogP contribution >= 0.6 is 0 Å². The second-order valence-corrected chi connectivity index (χ2v) is 4.65. The molecule has 0 fully saturated rings. The highest BCUT2D eigenvalue weighted by molar-refractivity contribution is 5.85. The van der Waals surface area contributed by atoms with Crippen LogP contribution in [0.25, 0.3) is 10.8 Å². The van der Waals surface area contributed by atoms with E-state index in [2.05, 4.69) is 5.92 Å².